The minimum atomic E-state index is 0.345. The van der Waals surface area contributed by atoms with Crippen molar-refractivity contribution in [1.29, 1.82) is 0 Å². The van der Waals surface area contributed by atoms with Crippen LogP contribution in [0.4, 0.5) is 0 Å². The number of halogens is 2. The summed E-state index contributed by atoms with van der Waals surface area (Å²) in [6.07, 6.45) is 0. The van der Waals surface area contributed by atoms with Crippen LogP contribution in [0.3, 0.4) is 0 Å². The lowest BCUT2D eigenvalue weighted by atomic mass is 10.1. The Bertz CT molecular complexity index is 493. The molecule has 0 fully saturated rings. The van der Waals surface area contributed by atoms with Crippen LogP contribution in [0.1, 0.15) is 24.1 Å². The minimum absolute atomic E-state index is 0.345. The predicted octanol–water partition coefficient (Wildman–Crippen LogP) is 4.80. The first-order valence-corrected chi connectivity index (χ1v) is 7.34. The van der Waals surface area contributed by atoms with E-state index in [1.54, 1.807) is 0 Å². The first-order chi connectivity index (χ1) is 8.65. The Labute approximate surface area is 127 Å². The van der Waals surface area contributed by atoms with E-state index in [0.717, 1.165) is 11.6 Å². The first kappa shape index (κ1) is 13.8. The molecule has 0 radical (unpaired) electrons. The highest BCUT2D eigenvalue weighted by atomic mass is 127. The average Bonchev–Trinajstić information content (AvgIpc) is 2.38. The van der Waals surface area contributed by atoms with E-state index in [1.165, 1.54) is 14.7 Å². The molecule has 94 valence electrons. The van der Waals surface area contributed by atoms with Crippen molar-refractivity contribution >= 4 is 34.2 Å². The van der Waals surface area contributed by atoms with Gasteiger partial charge in [0.15, 0.2) is 0 Å². The van der Waals surface area contributed by atoms with Crippen LogP contribution in [0.5, 0.6) is 0 Å². The van der Waals surface area contributed by atoms with Gasteiger partial charge in [-0.2, -0.15) is 0 Å². The van der Waals surface area contributed by atoms with Gasteiger partial charge >= 0.3 is 0 Å². The Morgan fingerprint density at radius 1 is 1.06 bits per heavy atom. The summed E-state index contributed by atoms with van der Waals surface area (Å²) in [6.45, 7) is 3.03. The van der Waals surface area contributed by atoms with Gasteiger partial charge in [0.05, 0.1) is 0 Å². The summed E-state index contributed by atoms with van der Waals surface area (Å²) in [5.41, 5.74) is 2.56. The molecule has 0 aromatic heterocycles. The molecule has 1 atom stereocenters. The van der Waals surface area contributed by atoms with Gasteiger partial charge in [-0.15, -0.1) is 0 Å². The highest BCUT2D eigenvalue weighted by Crippen LogP contribution is 2.15. The maximum Gasteiger partial charge on any atom is 0.0406 e. The first-order valence-electron chi connectivity index (χ1n) is 5.88. The zero-order chi connectivity index (χ0) is 13.0. The fraction of sp³-hybridized carbons (Fsp3) is 0.200. The van der Waals surface area contributed by atoms with E-state index in [4.69, 9.17) is 11.6 Å². The van der Waals surface area contributed by atoms with Gasteiger partial charge in [-0.25, -0.2) is 0 Å². The smallest absolute Gasteiger partial charge is 0.0406 e. The van der Waals surface area contributed by atoms with E-state index in [9.17, 15) is 0 Å². The lowest BCUT2D eigenvalue weighted by molar-refractivity contribution is 0.574. The summed E-state index contributed by atoms with van der Waals surface area (Å²) >= 11 is 8.18. The molecule has 0 aliphatic rings. The molecule has 2 aromatic carbocycles. The van der Waals surface area contributed by atoms with E-state index >= 15 is 0 Å². The van der Waals surface area contributed by atoms with Gasteiger partial charge in [-0.05, 0) is 64.9 Å². The molecule has 0 spiro atoms. The Hall–Kier alpha value is -0.580. The van der Waals surface area contributed by atoms with Crippen LogP contribution in [0.15, 0.2) is 48.5 Å². The fourth-order valence-corrected chi connectivity index (χ4v) is 2.23. The predicted molar refractivity (Wildman–Crippen MR) is 85.9 cm³/mol. The Balaban J connectivity index is 1.93. The van der Waals surface area contributed by atoms with Gasteiger partial charge in [0.25, 0.3) is 0 Å². The van der Waals surface area contributed by atoms with Crippen molar-refractivity contribution in [3.8, 4) is 0 Å². The molecule has 1 unspecified atom stereocenters. The van der Waals surface area contributed by atoms with E-state index < -0.39 is 0 Å². The van der Waals surface area contributed by atoms with Gasteiger partial charge in [-0.3, -0.25) is 0 Å². The van der Waals surface area contributed by atoms with Gasteiger partial charge in [0.1, 0.15) is 0 Å². The third-order valence-corrected chi connectivity index (χ3v) is 3.87. The second-order valence-electron chi connectivity index (χ2n) is 4.28. The van der Waals surface area contributed by atoms with Crippen LogP contribution in [0.2, 0.25) is 5.02 Å². The summed E-state index contributed by atoms with van der Waals surface area (Å²) in [6, 6.07) is 16.9. The van der Waals surface area contributed by atoms with Crippen LogP contribution in [0, 0.1) is 3.57 Å². The maximum atomic E-state index is 5.86. The number of hydrogen-bond donors (Lipinski definition) is 1. The second kappa shape index (κ2) is 6.55. The summed E-state index contributed by atoms with van der Waals surface area (Å²) < 4.78 is 1.27. The molecule has 0 heterocycles. The van der Waals surface area contributed by atoms with Crippen LogP contribution in [0.25, 0.3) is 0 Å². The van der Waals surface area contributed by atoms with Crippen LogP contribution in [-0.2, 0) is 6.54 Å². The topological polar surface area (TPSA) is 12.0 Å². The molecule has 0 saturated heterocycles. The lowest BCUT2D eigenvalue weighted by Crippen LogP contribution is -2.17. The molecular formula is C15H15ClIN. The minimum Gasteiger partial charge on any atom is -0.306 e. The van der Waals surface area contributed by atoms with E-state index in [-0.39, 0.29) is 0 Å². The summed E-state index contributed by atoms with van der Waals surface area (Å²) in [4.78, 5) is 0. The fourth-order valence-electron chi connectivity index (χ4n) is 1.74. The van der Waals surface area contributed by atoms with E-state index in [2.05, 4.69) is 71.2 Å². The molecule has 0 aliphatic carbocycles. The lowest BCUT2D eigenvalue weighted by Gasteiger charge is -2.14. The van der Waals surface area contributed by atoms with E-state index in [1.807, 2.05) is 12.1 Å². The zero-order valence-electron chi connectivity index (χ0n) is 10.2. The molecule has 1 nitrogen and oxygen atoms in total. The molecule has 2 aromatic rings. The molecule has 3 heteroatoms. The van der Waals surface area contributed by atoms with E-state index in [0.29, 0.717) is 6.04 Å². The van der Waals surface area contributed by atoms with Gasteiger partial charge in [0, 0.05) is 21.2 Å². The van der Waals surface area contributed by atoms with Gasteiger partial charge in [0.2, 0.25) is 0 Å². The van der Waals surface area contributed by atoms with Crippen molar-refractivity contribution in [2.75, 3.05) is 0 Å². The average molecular weight is 372 g/mol. The maximum absolute atomic E-state index is 5.86. The molecule has 0 saturated carbocycles. The molecule has 0 bridgehead atoms. The van der Waals surface area contributed by atoms with Crippen molar-refractivity contribution in [3.63, 3.8) is 0 Å². The largest absolute Gasteiger partial charge is 0.306 e. The Morgan fingerprint density at radius 3 is 2.28 bits per heavy atom. The second-order valence-corrected chi connectivity index (χ2v) is 5.96. The summed E-state index contributed by atoms with van der Waals surface area (Å²) in [7, 11) is 0. The molecular weight excluding hydrogens is 357 g/mol. The van der Waals surface area contributed by atoms with Gasteiger partial charge in [-0.1, -0.05) is 35.9 Å². The number of hydrogen-bond acceptors (Lipinski definition) is 1. The number of benzene rings is 2. The summed E-state index contributed by atoms with van der Waals surface area (Å²) in [5.74, 6) is 0. The quantitative estimate of drug-likeness (QED) is 0.762. The molecule has 0 amide bonds. The number of rotatable bonds is 4. The molecule has 1 N–H and O–H groups in total. The normalized spacial score (nSPS) is 12.4. The van der Waals surface area contributed by atoms with Crippen molar-refractivity contribution in [2.45, 2.75) is 19.5 Å². The standard InChI is InChI=1S/C15H15ClIN/c1-11(13-4-8-15(17)9-5-13)18-10-12-2-6-14(16)7-3-12/h2-9,11,18H,10H2,1H3. The van der Waals surface area contributed by atoms with Crippen LogP contribution < -0.4 is 5.32 Å². The molecule has 0 aliphatic heterocycles. The van der Waals surface area contributed by atoms with Crippen molar-refractivity contribution < 1.29 is 0 Å². The van der Waals surface area contributed by atoms with Gasteiger partial charge < -0.3 is 5.32 Å². The Kier molecular flexibility index (Phi) is 5.03. The van der Waals surface area contributed by atoms with Crippen molar-refractivity contribution in [3.05, 3.63) is 68.3 Å². The van der Waals surface area contributed by atoms with Crippen molar-refractivity contribution in [2.24, 2.45) is 0 Å². The van der Waals surface area contributed by atoms with Crippen molar-refractivity contribution in [1.82, 2.24) is 5.32 Å². The SMILES string of the molecule is CC(NCc1ccc(Cl)cc1)c1ccc(I)cc1. The zero-order valence-corrected chi connectivity index (χ0v) is 13.1. The third-order valence-electron chi connectivity index (χ3n) is 2.90. The highest BCUT2D eigenvalue weighted by Gasteiger charge is 2.04. The monoisotopic (exact) mass is 371 g/mol. The molecule has 18 heavy (non-hydrogen) atoms. The van der Waals surface area contributed by atoms with Crippen LogP contribution in [-0.4, -0.2) is 0 Å². The Morgan fingerprint density at radius 2 is 1.67 bits per heavy atom. The molecule has 2 rings (SSSR count). The highest BCUT2D eigenvalue weighted by molar-refractivity contribution is 14.1. The third kappa shape index (κ3) is 3.97. The number of nitrogens with one attached hydrogen (secondary N) is 1. The van der Waals surface area contributed by atoms with Crippen LogP contribution >= 0.6 is 34.2 Å². The summed E-state index contributed by atoms with van der Waals surface area (Å²) in [5, 5.41) is 4.29.